The van der Waals surface area contributed by atoms with Crippen LogP contribution in [0.25, 0.3) is 0 Å². The third kappa shape index (κ3) is 4.09. The molecule has 0 fully saturated rings. The molecule has 5 nitrogen and oxygen atoms in total. The van der Waals surface area contributed by atoms with Crippen LogP contribution in [-0.4, -0.2) is 22.5 Å². The van der Waals surface area contributed by atoms with Gasteiger partial charge in [-0.25, -0.2) is 9.97 Å². The molecule has 0 unspecified atom stereocenters. The topological polar surface area (TPSA) is 78.1 Å². The Morgan fingerprint density at radius 2 is 2.20 bits per heavy atom. The van der Waals surface area contributed by atoms with Gasteiger partial charge in [0, 0.05) is 12.4 Å². The summed E-state index contributed by atoms with van der Waals surface area (Å²) in [5.74, 6) is 4.87. The number of nitrogens with zero attached hydrogens (tertiary/aromatic N) is 2. The van der Waals surface area contributed by atoms with Crippen LogP contribution in [0.3, 0.4) is 0 Å². The van der Waals surface area contributed by atoms with Crippen molar-refractivity contribution in [3.05, 3.63) is 18.0 Å². The SMILES string of the molecule is CCOc1ncc(C#CCC(N)=O)cn1. The van der Waals surface area contributed by atoms with Crippen molar-refractivity contribution in [2.24, 2.45) is 5.73 Å². The molecular weight excluding hydrogens is 194 g/mol. The van der Waals surface area contributed by atoms with Gasteiger partial charge in [0.1, 0.15) is 0 Å². The maximum Gasteiger partial charge on any atom is 0.316 e. The molecule has 5 heteroatoms. The van der Waals surface area contributed by atoms with Gasteiger partial charge in [-0.15, -0.1) is 0 Å². The highest BCUT2D eigenvalue weighted by atomic mass is 16.5. The van der Waals surface area contributed by atoms with Gasteiger partial charge in [0.15, 0.2) is 0 Å². The predicted molar refractivity (Wildman–Crippen MR) is 53.9 cm³/mol. The van der Waals surface area contributed by atoms with E-state index in [1.807, 2.05) is 6.92 Å². The lowest BCUT2D eigenvalue weighted by atomic mass is 10.3. The Hall–Kier alpha value is -2.09. The van der Waals surface area contributed by atoms with Crippen LogP contribution in [0.15, 0.2) is 12.4 Å². The average molecular weight is 205 g/mol. The molecule has 1 rings (SSSR count). The predicted octanol–water partition coefficient (Wildman–Crippen LogP) is 0.102. The van der Waals surface area contributed by atoms with E-state index in [0.717, 1.165) is 0 Å². The van der Waals surface area contributed by atoms with Crippen LogP contribution in [0, 0.1) is 11.8 Å². The molecule has 0 radical (unpaired) electrons. The van der Waals surface area contributed by atoms with Gasteiger partial charge in [-0.1, -0.05) is 11.8 Å². The van der Waals surface area contributed by atoms with E-state index in [9.17, 15) is 4.79 Å². The first-order chi connectivity index (χ1) is 7.22. The van der Waals surface area contributed by atoms with E-state index in [0.29, 0.717) is 18.2 Å². The highest BCUT2D eigenvalue weighted by Gasteiger charge is 1.94. The summed E-state index contributed by atoms with van der Waals surface area (Å²) in [6.45, 7) is 2.37. The Morgan fingerprint density at radius 1 is 1.53 bits per heavy atom. The summed E-state index contributed by atoms with van der Waals surface area (Å²) in [5.41, 5.74) is 5.55. The third-order valence-corrected chi connectivity index (χ3v) is 1.40. The van der Waals surface area contributed by atoms with Crippen LogP contribution < -0.4 is 10.5 Å². The fraction of sp³-hybridized carbons (Fsp3) is 0.300. The lowest BCUT2D eigenvalue weighted by molar-refractivity contribution is -0.117. The normalized spacial score (nSPS) is 8.87. The summed E-state index contributed by atoms with van der Waals surface area (Å²) in [4.78, 5) is 18.2. The smallest absolute Gasteiger partial charge is 0.316 e. The fourth-order valence-corrected chi connectivity index (χ4v) is 0.818. The highest BCUT2D eigenvalue weighted by molar-refractivity contribution is 5.76. The van der Waals surface area contributed by atoms with Crippen molar-refractivity contribution in [3.8, 4) is 17.9 Å². The van der Waals surface area contributed by atoms with Crippen molar-refractivity contribution in [2.75, 3.05) is 6.61 Å². The molecule has 0 aliphatic carbocycles. The summed E-state index contributed by atoms with van der Waals surface area (Å²) in [5, 5.41) is 0. The number of hydrogen-bond acceptors (Lipinski definition) is 4. The van der Waals surface area contributed by atoms with Gasteiger partial charge in [0.2, 0.25) is 5.91 Å². The number of nitrogens with two attached hydrogens (primary N) is 1. The first kappa shape index (κ1) is 11.0. The molecular formula is C10H11N3O2. The number of amides is 1. The quantitative estimate of drug-likeness (QED) is 0.710. The second kappa shape index (κ2) is 5.60. The highest BCUT2D eigenvalue weighted by Crippen LogP contribution is 2.00. The average Bonchev–Trinajstić information content (AvgIpc) is 2.20. The van der Waals surface area contributed by atoms with Crippen LogP contribution >= 0.6 is 0 Å². The molecule has 0 atom stereocenters. The molecule has 0 saturated heterocycles. The molecule has 0 spiro atoms. The molecule has 1 aromatic heterocycles. The van der Waals surface area contributed by atoms with Gasteiger partial charge in [0.25, 0.3) is 0 Å². The van der Waals surface area contributed by atoms with E-state index in [1.54, 1.807) is 0 Å². The first-order valence-electron chi connectivity index (χ1n) is 4.44. The molecule has 0 saturated carbocycles. The van der Waals surface area contributed by atoms with Crippen LogP contribution in [0.2, 0.25) is 0 Å². The van der Waals surface area contributed by atoms with Crippen LogP contribution in [0.1, 0.15) is 18.9 Å². The standard InChI is InChI=1S/C10H11N3O2/c1-2-15-10-12-6-8(7-13-10)4-3-5-9(11)14/h6-7H,2,5H2,1H3,(H2,11,14). The first-order valence-corrected chi connectivity index (χ1v) is 4.44. The van der Waals surface area contributed by atoms with Gasteiger partial charge in [0.05, 0.1) is 18.6 Å². The van der Waals surface area contributed by atoms with Crippen molar-refractivity contribution in [1.82, 2.24) is 9.97 Å². The number of rotatable bonds is 3. The lowest BCUT2D eigenvalue weighted by Crippen LogP contribution is -2.08. The Labute approximate surface area is 87.7 Å². The summed E-state index contributed by atoms with van der Waals surface area (Å²) >= 11 is 0. The molecule has 2 N–H and O–H groups in total. The minimum Gasteiger partial charge on any atom is -0.464 e. The summed E-state index contributed by atoms with van der Waals surface area (Å²) in [6.07, 6.45) is 3.10. The fourth-order valence-electron chi connectivity index (χ4n) is 0.818. The zero-order chi connectivity index (χ0) is 11.1. The molecule has 1 amide bonds. The summed E-state index contributed by atoms with van der Waals surface area (Å²) in [7, 11) is 0. The van der Waals surface area contributed by atoms with Gasteiger partial charge in [-0.2, -0.15) is 0 Å². The van der Waals surface area contributed by atoms with Crippen molar-refractivity contribution in [1.29, 1.82) is 0 Å². The Balaban J connectivity index is 2.62. The van der Waals surface area contributed by atoms with Crippen LogP contribution in [-0.2, 0) is 4.79 Å². The van der Waals surface area contributed by atoms with Crippen molar-refractivity contribution < 1.29 is 9.53 Å². The van der Waals surface area contributed by atoms with E-state index in [4.69, 9.17) is 10.5 Å². The van der Waals surface area contributed by atoms with Gasteiger partial charge >= 0.3 is 6.01 Å². The molecule has 1 heterocycles. The summed E-state index contributed by atoms with van der Waals surface area (Å²) < 4.78 is 5.06. The molecule has 0 aliphatic rings. The van der Waals surface area contributed by atoms with Crippen LogP contribution in [0.4, 0.5) is 0 Å². The van der Waals surface area contributed by atoms with E-state index in [2.05, 4.69) is 21.8 Å². The minimum atomic E-state index is -0.450. The van der Waals surface area contributed by atoms with Crippen molar-refractivity contribution >= 4 is 5.91 Å². The number of aromatic nitrogens is 2. The summed E-state index contributed by atoms with van der Waals surface area (Å²) in [6, 6.07) is 0.318. The number of hydrogen-bond donors (Lipinski definition) is 1. The third-order valence-electron chi connectivity index (χ3n) is 1.40. The van der Waals surface area contributed by atoms with E-state index in [1.165, 1.54) is 12.4 Å². The maximum atomic E-state index is 10.4. The number of carbonyl (C=O) groups excluding carboxylic acids is 1. The Kier molecular flexibility index (Phi) is 4.10. The van der Waals surface area contributed by atoms with Crippen LogP contribution in [0.5, 0.6) is 6.01 Å². The van der Waals surface area contributed by atoms with E-state index in [-0.39, 0.29) is 6.42 Å². The van der Waals surface area contributed by atoms with Gasteiger partial charge < -0.3 is 10.5 Å². The number of ether oxygens (including phenoxy) is 1. The molecule has 15 heavy (non-hydrogen) atoms. The number of primary amides is 1. The molecule has 78 valence electrons. The molecule has 0 aliphatic heterocycles. The Bertz CT molecular complexity index is 389. The zero-order valence-electron chi connectivity index (χ0n) is 8.36. The van der Waals surface area contributed by atoms with E-state index < -0.39 is 5.91 Å². The second-order valence-corrected chi connectivity index (χ2v) is 2.63. The monoisotopic (exact) mass is 205 g/mol. The Morgan fingerprint density at radius 3 is 2.73 bits per heavy atom. The number of carbonyl (C=O) groups is 1. The van der Waals surface area contributed by atoms with Gasteiger partial charge in [-0.05, 0) is 6.92 Å². The minimum absolute atomic E-state index is 0.0349. The van der Waals surface area contributed by atoms with Gasteiger partial charge in [-0.3, -0.25) is 4.79 Å². The molecule has 0 aromatic carbocycles. The largest absolute Gasteiger partial charge is 0.464 e. The zero-order valence-corrected chi connectivity index (χ0v) is 8.36. The van der Waals surface area contributed by atoms with E-state index >= 15 is 0 Å². The van der Waals surface area contributed by atoms with Crippen molar-refractivity contribution in [3.63, 3.8) is 0 Å². The maximum absolute atomic E-state index is 10.4. The second-order valence-electron chi connectivity index (χ2n) is 2.63. The lowest BCUT2D eigenvalue weighted by Gasteiger charge is -1.98. The molecule has 1 aromatic rings. The molecule has 0 bridgehead atoms. The van der Waals surface area contributed by atoms with Crippen molar-refractivity contribution in [2.45, 2.75) is 13.3 Å².